The van der Waals surface area contributed by atoms with Gasteiger partial charge in [-0.1, -0.05) is 18.2 Å². The van der Waals surface area contributed by atoms with Crippen LogP contribution in [-0.2, 0) is 25.3 Å². The number of amides is 1. The summed E-state index contributed by atoms with van der Waals surface area (Å²) in [6.45, 7) is 2.00. The van der Waals surface area contributed by atoms with E-state index in [2.05, 4.69) is 0 Å². The van der Waals surface area contributed by atoms with Crippen LogP contribution in [0.2, 0.25) is 0 Å². The second-order valence-electron chi connectivity index (χ2n) is 6.07. The van der Waals surface area contributed by atoms with Gasteiger partial charge in [-0.25, -0.2) is 4.79 Å². The van der Waals surface area contributed by atoms with Gasteiger partial charge in [0.2, 0.25) is 0 Å². The predicted molar refractivity (Wildman–Crippen MR) is 93.1 cm³/mol. The number of anilines is 1. The highest BCUT2D eigenvalue weighted by Gasteiger charge is 2.29. The smallest absolute Gasteiger partial charge is 0.305 e. The van der Waals surface area contributed by atoms with Crippen molar-refractivity contribution in [3.63, 3.8) is 0 Å². The Labute approximate surface area is 139 Å². The average molecular weight is 325 g/mol. The molecule has 1 aliphatic heterocycles. The van der Waals surface area contributed by atoms with E-state index in [1.54, 1.807) is 11.9 Å². The van der Waals surface area contributed by atoms with E-state index in [-0.39, 0.29) is 11.9 Å². The minimum Gasteiger partial charge on any atom is -0.305 e. The third-order valence-corrected chi connectivity index (χ3v) is 4.32. The van der Waals surface area contributed by atoms with Crippen molar-refractivity contribution in [2.45, 2.75) is 19.4 Å². The van der Waals surface area contributed by atoms with Gasteiger partial charge in [-0.3, -0.25) is 14.2 Å². The van der Waals surface area contributed by atoms with Gasteiger partial charge in [-0.15, -0.1) is 0 Å². The number of carbonyl (C=O) groups is 1. The molecule has 2 heterocycles. The Bertz CT molecular complexity index is 953. The lowest BCUT2D eigenvalue weighted by molar-refractivity contribution is -0.114. The van der Waals surface area contributed by atoms with Crippen molar-refractivity contribution in [2.75, 3.05) is 4.90 Å². The summed E-state index contributed by atoms with van der Waals surface area (Å²) in [4.78, 5) is 38.1. The fourth-order valence-corrected chi connectivity index (χ4v) is 3.09. The molecule has 124 valence electrons. The maximum atomic E-state index is 12.6. The third kappa shape index (κ3) is 2.60. The lowest BCUT2D eigenvalue weighted by Crippen LogP contribution is -2.37. The minimum absolute atomic E-state index is 0.0718. The summed E-state index contributed by atoms with van der Waals surface area (Å²) in [6.07, 6.45) is 5.12. The van der Waals surface area contributed by atoms with Crippen LogP contribution in [0.15, 0.2) is 46.1 Å². The van der Waals surface area contributed by atoms with Crippen molar-refractivity contribution >= 4 is 17.7 Å². The van der Waals surface area contributed by atoms with Crippen molar-refractivity contribution in [1.29, 1.82) is 0 Å². The second-order valence-corrected chi connectivity index (χ2v) is 6.07. The number of aromatic nitrogens is 2. The van der Waals surface area contributed by atoms with E-state index < -0.39 is 11.2 Å². The van der Waals surface area contributed by atoms with E-state index in [9.17, 15) is 14.4 Å². The molecule has 6 nitrogen and oxygen atoms in total. The molecule has 0 N–H and O–H groups in total. The Balaban J connectivity index is 1.93. The highest BCUT2D eigenvalue weighted by atomic mass is 16.2. The summed E-state index contributed by atoms with van der Waals surface area (Å²) in [6, 6.07) is 7.89. The first kappa shape index (κ1) is 16.0. The van der Waals surface area contributed by atoms with Gasteiger partial charge in [0.25, 0.3) is 11.5 Å². The van der Waals surface area contributed by atoms with E-state index >= 15 is 0 Å². The summed E-state index contributed by atoms with van der Waals surface area (Å²) in [5.74, 6) is -0.177. The molecule has 0 saturated heterocycles. The quantitative estimate of drug-likeness (QED) is 0.776. The highest BCUT2D eigenvalue weighted by Crippen LogP contribution is 2.31. The first-order valence-corrected chi connectivity index (χ1v) is 7.76. The number of nitrogens with zero attached hydrogens (tertiary/aromatic N) is 3. The molecule has 0 saturated carbocycles. The number of para-hydroxylation sites is 1. The van der Waals surface area contributed by atoms with Crippen LogP contribution in [0.3, 0.4) is 0 Å². The molecule has 1 aromatic heterocycles. The Hall–Kier alpha value is -2.89. The zero-order valence-corrected chi connectivity index (χ0v) is 13.9. The van der Waals surface area contributed by atoms with Gasteiger partial charge in [0.15, 0.2) is 0 Å². The molecular weight excluding hydrogens is 306 g/mol. The number of carbonyl (C=O) groups excluding carboxylic acids is 1. The number of rotatable bonds is 2. The number of hydrogen-bond acceptors (Lipinski definition) is 3. The van der Waals surface area contributed by atoms with Crippen molar-refractivity contribution in [2.24, 2.45) is 14.1 Å². The predicted octanol–water partition coefficient (Wildman–Crippen LogP) is 1.08. The van der Waals surface area contributed by atoms with Crippen LogP contribution in [0, 0.1) is 0 Å². The largest absolute Gasteiger partial charge is 0.330 e. The standard InChI is InChI=1S/C18H19N3O3/c1-12-10-13-6-4-5-7-15(13)21(12)16(22)9-8-14-11-19(2)18(24)20(3)17(14)23/h4-9,11-12H,10H2,1-3H3/b9-8+/t12-/m0/s1. The van der Waals surface area contributed by atoms with E-state index in [4.69, 9.17) is 0 Å². The molecule has 1 aliphatic rings. The van der Waals surface area contributed by atoms with Crippen molar-refractivity contribution in [3.05, 3.63) is 68.5 Å². The molecule has 6 heteroatoms. The van der Waals surface area contributed by atoms with Crippen LogP contribution >= 0.6 is 0 Å². The summed E-state index contributed by atoms with van der Waals surface area (Å²) >= 11 is 0. The molecule has 0 fully saturated rings. The Morgan fingerprint density at radius 3 is 2.67 bits per heavy atom. The molecule has 0 aliphatic carbocycles. The van der Waals surface area contributed by atoms with Gasteiger partial charge >= 0.3 is 5.69 Å². The maximum absolute atomic E-state index is 12.6. The number of aryl methyl sites for hydroxylation is 1. The second kappa shape index (κ2) is 5.96. The fourth-order valence-electron chi connectivity index (χ4n) is 3.09. The molecule has 3 rings (SSSR count). The Kier molecular flexibility index (Phi) is 3.97. The van der Waals surface area contributed by atoms with E-state index in [0.717, 1.165) is 22.2 Å². The molecule has 0 spiro atoms. The van der Waals surface area contributed by atoms with E-state index in [0.29, 0.717) is 5.56 Å². The van der Waals surface area contributed by atoms with Crippen LogP contribution < -0.4 is 16.1 Å². The molecule has 1 aromatic carbocycles. The Morgan fingerprint density at radius 1 is 1.21 bits per heavy atom. The van der Waals surface area contributed by atoms with Crippen LogP contribution in [0.1, 0.15) is 18.1 Å². The lowest BCUT2D eigenvalue weighted by atomic mass is 10.1. The van der Waals surface area contributed by atoms with Crippen molar-refractivity contribution < 1.29 is 4.79 Å². The summed E-state index contributed by atoms with van der Waals surface area (Å²) in [5, 5.41) is 0. The molecular formula is C18H19N3O3. The first-order valence-electron chi connectivity index (χ1n) is 7.76. The lowest BCUT2D eigenvalue weighted by Gasteiger charge is -2.20. The minimum atomic E-state index is -0.419. The van der Waals surface area contributed by atoms with Crippen LogP contribution in [0.4, 0.5) is 5.69 Å². The van der Waals surface area contributed by atoms with Gasteiger partial charge in [-0.05, 0) is 31.1 Å². The first-order chi connectivity index (χ1) is 11.4. The number of fused-ring (bicyclic) bond motifs is 1. The molecule has 2 aromatic rings. The van der Waals surface area contributed by atoms with Gasteiger partial charge in [0.1, 0.15) is 0 Å². The zero-order chi connectivity index (χ0) is 17.4. The third-order valence-electron chi connectivity index (χ3n) is 4.32. The maximum Gasteiger partial charge on any atom is 0.330 e. The van der Waals surface area contributed by atoms with Crippen molar-refractivity contribution in [3.8, 4) is 0 Å². The molecule has 0 unspecified atom stereocenters. The molecule has 1 amide bonds. The number of hydrogen-bond donors (Lipinski definition) is 0. The zero-order valence-electron chi connectivity index (χ0n) is 13.9. The summed E-state index contributed by atoms with van der Waals surface area (Å²) in [7, 11) is 2.99. The fraction of sp³-hybridized carbons (Fsp3) is 0.278. The van der Waals surface area contributed by atoms with Crippen LogP contribution in [-0.4, -0.2) is 21.1 Å². The Morgan fingerprint density at radius 2 is 1.92 bits per heavy atom. The molecule has 0 bridgehead atoms. The van der Waals surface area contributed by atoms with Crippen LogP contribution in [0.5, 0.6) is 0 Å². The topological polar surface area (TPSA) is 64.3 Å². The molecule has 1 atom stereocenters. The van der Waals surface area contributed by atoms with E-state index in [1.165, 1.54) is 30.0 Å². The normalized spacial score (nSPS) is 16.6. The van der Waals surface area contributed by atoms with Gasteiger partial charge in [-0.2, -0.15) is 0 Å². The molecule has 24 heavy (non-hydrogen) atoms. The van der Waals surface area contributed by atoms with Gasteiger partial charge < -0.3 is 9.47 Å². The van der Waals surface area contributed by atoms with Gasteiger partial charge in [0.05, 0.1) is 5.56 Å². The van der Waals surface area contributed by atoms with E-state index in [1.807, 2.05) is 31.2 Å². The van der Waals surface area contributed by atoms with Gasteiger partial charge in [0, 0.05) is 38.1 Å². The highest BCUT2D eigenvalue weighted by molar-refractivity contribution is 6.05. The SMILES string of the molecule is C[C@H]1Cc2ccccc2N1C(=O)/C=C/c1cn(C)c(=O)n(C)c1=O. The summed E-state index contributed by atoms with van der Waals surface area (Å²) < 4.78 is 2.34. The molecule has 0 radical (unpaired) electrons. The summed E-state index contributed by atoms with van der Waals surface area (Å²) in [5.41, 5.74) is 1.54. The average Bonchev–Trinajstić information content (AvgIpc) is 2.90. The number of benzene rings is 1. The van der Waals surface area contributed by atoms with Crippen molar-refractivity contribution in [1.82, 2.24) is 9.13 Å². The monoisotopic (exact) mass is 325 g/mol. The van der Waals surface area contributed by atoms with Crippen LogP contribution in [0.25, 0.3) is 6.08 Å².